The van der Waals surface area contributed by atoms with E-state index in [1.54, 1.807) is 12.0 Å². The lowest BCUT2D eigenvalue weighted by atomic mass is 9.91. The molecule has 8 nitrogen and oxygen atoms in total. The fourth-order valence-corrected chi connectivity index (χ4v) is 5.90. The molecule has 5 atom stereocenters. The molecule has 2 heterocycles. The van der Waals surface area contributed by atoms with Crippen molar-refractivity contribution in [1.82, 2.24) is 15.5 Å². The number of fused-ring (bicyclic) bond motifs is 1. The van der Waals surface area contributed by atoms with Gasteiger partial charge in [-0.2, -0.15) is 0 Å². The number of carbonyl (C=O) groups excluding carboxylic acids is 3. The first-order chi connectivity index (χ1) is 16.0. The van der Waals surface area contributed by atoms with Crippen LogP contribution in [0.5, 0.6) is 5.75 Å². The normalized spacial score (nSPS) is 32.1. The highest BCUT2D eigenvalue weighted by Crippen LogP contribution is 2.32. The van der Waals surface area contributed by atoms with E-state index in [1.807, 2.05) is 18.2 Å². The van der Waals surface area contributed by atoms with Crippen LogP contribution in [0.15, 0.2) is 18.2 Å². The van der Waals surface area contributed by atoms with Crippen molar-refractivity contribution in [3.63, 3.8) is 0 Å². The van der Waals surface area contributed by atoms with E-state index in [9.17, 15) is 14.4 Å². The molecule has 2 N–H and O–H groups in total. The Morgan fingerprint density at radius 3 is 2.55 bits per heavy atom. The van der Waals surface area contributed by atoms with Crippen molar-refractivity contribution in [2.75, 3.05) is 7.11 Å². The second-order valence-corrected chi connectivity index (χ2v) is 9.74. The van der Waals surface area contributed by atoms with Crippen LogP contribution >= 0.6 is 0 Å². The van der Waals surface area contributed by atoms with Crippen molar-refractivity contribution in [2.45, 2.75) is 94.7 Å². The summed E-state index contributed by atoms with van der Waals surface area (Å²) in [5.41, 5.74) is 1.48. The molecule has 4 unspecified atom stereocenters. The summed E-state index contributed by atoms with van der Waals surface area (Å²) in [6.07, 6.45) is 8.85. The minimum absolute atomic E-state index is 0.0817. The minimum Gasteiger partial charge on any atom is -0.489 e. The van der Waals surface area contributed by atoms with E-state index in [1.165, 1.54) is 12.8 Å². The minimum atomic E-state index is -0.598. The second-order valence-electron chi connectivity index (χ2n) is 9.74. The van der Waals surface area contributed by atoms with Gasteiger partial charge in [-0.25, -0.2) is 0 Å². The van der Waals surface area contributed by atoms with Gasteiger partial charge in [0.15, 0.2) is 0 Å². The summed E-state index contributed by atoms with van der Waals surface area (Å²) in [7, 11) is 1.80. The van der Waals surface area contributed by atoms with Gasteiger partial charge in [0.25, 0.3) is 5.91 Å². The highest BCUT2D eigenvalue weighted by molar-refractivity contribution is 6.05. The molecule has 0 aromatic heterocycles. The molecule has 2 aliphatic carbocycles. The van der Waals surface area contributed by atoms with Crippen LogP contribution in [0, 0.1) is 0 Å². The summed E-state index contributed by atoms with van der Waals surface area (Å²) in [6, 6.07) is 5.68. The standard InChI is InChI=1S/C25H33N3O5/c1-32-21-8-4-6-18(21)26-19-5-2-3-7-22(19)33-16-9-10-17-15(13-16)14-28(25(17)31)20-11-12-23(29)27-24(20)30/h9-10,13,18-22,26H,2-8,11-12,14H2,1H3,(H,27,29,30)/t18?,19-,20?,21?,22?/m0/s1. The van der Waals surface area contributed by atoms with Crippen molar-refractivity contribution in [3.05, 3.63) is 29.3 Å². The average molecular weight is 456 g/mol. The van der Waals surface area contributed by atoms with Crippen LogP contribution in [-0.4, -0.2) is 60.1 Å². The lowest BCUT2D eigenvalue weighted by molar-refractivity contribution is -0.136. The Hall–Kier alpha value is -2.45. The first-order valence-corrected chi connectivity index (χ1v) is 12.3. The Bertz CT molecular complexity index is 935. The van der Waals surface area contributed by atoms with Crippen molar-refractivity contribution < 1.29 is 23.9 Å². The topological polar surface area (TPSA) is 97.0 Å². The molecule has 3 fully saturated rings. The molecule has 4 aliphatic rings. The van der Waals surface area contributed by atoms with Crippen LogP contribution in [-0.2, 0) is 20.9 Å². The van der Waals surface area contributed by atoms with E-state index < -0.39 is 6.04 Å². The van der Waals surface area contributed by atoms with Gasteiger partial charge in [0.2, 0.25) is 11.8 Å². The van der Waals surface area contributed by atoms with Crippen LogP contribution in [0.25, 0.3) is 0 Å². The Balaban J connectivity index is 1.26. The zero-order valence-corrected chi connectivity index (χ0v) is 19.2. The fraction of sp³-hybridized carbons (Fsp3) is 0.640. The van der Waals surface area contributed by atoms with Crippen molar-refractivity contribution in [2.24, 2.45) is 0 Å². The second kappa shape index (κ2) is 9.43. The summed E-state index contributed by atoms with van der Waals surface area (Å²) >= 11 is 0. The van der Waals surface area contributed by atoms with Crippen LogP contribution in [0.2, 0.25) is 0 Å². The Labute approximate surface area is 194 Å². The first kappa shape index (κ1) is 22.3. The monoisotopic (exact) mass is 455 g/mol. The highest BCUT2D eigenvalue weighted by Gasteiger charge is 2.39. The molecule has 0 spiro atoms. The van der Waals surface area contributed by atoms with Gasteiger partial charge in [0, 0.05) is 37.7 Å². The summed E-state index contributed by atoms with van der Waals surface area (Å²) in [6.45, 7) is 0.363. The molecule has 33 heavy (non-hydrogen) atoms. The molecule has 8 heteroatoms. The molecule has 2 saturated carbocycles. The number of rotatable bonds is 6. The van der Waals surface area contributed by atoms with E-state index >= 15 is 0 Å². The number of hydrogen-bond donors (Lipinski definition) is 2. The van der Waals surface area contributed by atoms with Gasteiger partial charge in [-0.3, -0.25) is 19.7 Å². The molecule has 2 aliphatic heterocycles. The van der Waals surface area contributed by atoms with E-state index in [2.05, 4.69) is 10.6 Å². The summed E-state index contributed by atoms with van der Waals surface area (Å²) in [4.78, 5) is 38.3. The Kier molecular flexibility index (Phi) is 6.38. The van der Waals surface area contributed by atoms with Gasteiger partial charge in [0.05, 0.1) is 6.10 Å². The largest absolute Gasteiger partial charge is 0.489 e. The number of hydrogen-bond acceptors (Lipinski definition) is 6. The summed E-state index contributed by atoms with van der Waals surface area (Å²) in [5, 5.41) is 6.17. The number of benzene rings is 1. The van der Waals surface area contributed by atoms with Gasteiger partial charge < -0.3 is 19.7 Å². The smallest absolute Gasteiger partial charge is 0.255 e. The van der Waals surface area contributed by atoms with Crippen molar-refractivity contribution in [1.29, 1.82) is 0 Å². The number of methoxy groups -OCH3 is 1. The maximum Gasteiger partial charge on any atom is 0.255 e. The number of nitrogens with zero attached hydrogens (tertiary/aromatic N) is 1. The van der Waals surface area contributed by atoms with Crippen LogP contribution < -0.4 is 15.4 Å². The number of piperidine rings is 1. The molecule has 5 rings (SSSR count). The predicted octanol–water partition coefficient (Wildman–Crippen LogP) is 2.29. The van der Waals surface area contributed by atoms with E-state index in [4.69, 9.17) is 9.47 Å². The van der Waals surface area contributed by atoms with Crippen LogP contribution in [0.4, 0.5) is 0 Å². The maximum atomic E-state index is 12.9. The number of amides is 3. The molecule has 0 bridgehead atoms. The van der Waals surface area contributed by atoms with Gasteiger partial charge in [-0.05, 0) is 68.7 Å². The van der Waals surface area contributed by atoms with Gasteiger partial charge >= 0.3 is 0 Å². The molecule has 178 valence electrons. The highest BCUT2D eigenvalue weighted by atomic mass is 16.5. The molecule has 0 radical (unpaired) electrons. The van der Waals surface area contributed by atoms with Gasteiger partial charge in [-0.1, -0.05) is 6.42 Å². The molecule has 1 saturated heterocycles. The number of nitrogens with one attached hydrogen (secondary N) is 2. The van der Waals surface area contributed by atoms with E-state index in [-0.39, 0.29) is 42.4 Å². The van der Waals surface area contributed by atoms with Crippen molar-refractivity contribution >= 4 is 17.7 Å². The number of imide groups is 1. The lowest BCUT2D eigenvalue weighted by Crippen LogP contribution is -2.52. The molecule has 1 aromatic carbocycles. The third kappa shape index (κ3) is 4.51. The number of carbonyl (C=O) groups is 3. The molecular weight excluding hydrogens is 422 g/mol. The quantitative estimate of drug-likeness (QED) is 0.639. The lowest BCUT2D eigenvalue weighted by Gasteiger charge is -2.35. The van der Waals surface area contributed by atoms with Crippen LogP contribution in [0.3, 0.4) is 0 Å². The van der Waals surface area contributed by atoms with Gasteiger partial charge in [-0.15, -0.1) is 0 Å². The third-order valence-electron chi connectivity index (χ3n) is 7.67. The summed E-state index contributed by atoms with van der Waals surface area (Å²) < 4.78 is 12.1. The van der Waals surface area contributed by atoms with Crippen LogP contribution in [0.1, 0.15) is 73.7 Å². The van der Waals surface area contributed by atoms with Gasteiger partial charge in [0.1, 0.15) is 17.9 Å². The molecule has 1 aromatic rings. The molecule has 3 amide bonds. The molecular formula is C25H33N3O5. The third-order valence-corrected chi connectivity index (χ3v) is 7.67. The average Bonchev–Trinajstić information content (AvgIpc) is 3.39. The number of ether oxygens (including phenoxy) is 2. The zero-order chi connectivity index (χ0) is 22.9. The Morgan fingerprint density at radius 1 is 0.970 bits per heavy atom. The van der Waals surface area contributed by atoms with E-state index in [0.29, 0.717) is 24.6 Å². The van der Waals surface area contributed by atoms with E-state index in [0.717, 1.165) is 43.4 Å². The Morgan fingerprint density at radius 2 is 1.73 bits per heavy atom. The fourth-order valence-electron chi connectivity index (χ4n) is 5.90. The zero-order valence-electron chi connectivity index (χ0n) is 19.2. The maximum absolute atomic E-state index is 12.9. The van der Waals surface area contributed by atoms with Crippen molar-refractivity contribution in [3.8, 4) is 5.75 Å². The SMILES string of the molecule is COC1CCCC1N[C@H]1CCCCC1Oc1ccc2c(c1)CN(C1CCC(=O)NC1=O)C2=O. The summed E-state index contributed by atoms with van der Waals surface area (Å²) in [5.74, 6) is -0.0578. The predicted molar refractivity (Wildman–Crippen MR) is 121 cm³/mol. The first-order valence-electron chi connectivity index (χ1n) is 12.3.